The van der Waals surface area contributed by atoms with Gasteiger partial charge in [0, 0.05) is 18.1 Å². The van der Waals surface area contributed by atoms with Crippen molar-refractivity contribution in [2.45, 2.75) is 20.3 Å². The number of nitrogens with two attached hydrogens (primary N) is 1. The predicted octanol–water partition coefficient (Wildman–Crippen LogP) is 3.03. The molecule has 0 amide bonds. The van der Waals surface area contributed by atoms with Gasteiger partial charge < -0.3 is 15.8 Å². The normalized spacial score (nSPS) is 11.6. The number of nitrogens with one attached hydrogen (secondary N) is 1. The number of hydrogen-bond donors (Lipinski definition) is 2. The molecule has 0 atom stereocenters. The summed E-state index contributed by atoms with van der Waals surface area (Å²) in [5.41, 5.74) is 5.80. The van der Waals surface area contributed by atoms with E-state index in [0.29, 0.717) is 6.54 Å². The van der Waals surface area contributed by atoms with E-state index in [9.17, 15) is 0 Å². The molecule has 1 aromatic carbocycles. The van der Waals surface area contributed by atoms with Gasteiger partial charge in [-0.15, -0.1) is 0 Å². The molecule has 20 heavy (non-hydrogen) atoms. The Morgan fingerprint density at radius 2 is 2.10 bits per heavy atom. The molecule has 2 aromatic rings. The fourth-order valence-electron chi connectivity index (χ4n) is 2.22. The fourth-order valence-corrected chi connectivity index (χ4v) is 2.22. The molecule has 0 aliphatic rings. The van der Waals surface area contributed by atoms with Gasteiger partial charge in [0.1, 0.15) is 11.6 Å². The number of pyridine rings is 1. The molecular weight excluding hydrogens is 250 g/mol. The van der Waals surface area contributed by atoms with E-state index in [1.165, 1.54) is 0 Å². The van der Waals surface area contributed by atoms with Gasteiger partial charge in [0.05, 0.1) is 7.11 Å². The van der Waals surface area contributed by atoms with Crippen LogP contribution < -0.4 is 15.8 Å². The fraction of sp³-hybridized carbons (Fsp3) is 0.438. The van der Waals surface area contributed by atoms with Gasteiger partial charge in [-0.1, -0.05) is 19.9 Å². The smallest absolute Gasteiger partial charge is 0.133 e. The number of benzene rings is 1. The molecule has 2 rings (SSSR count). The Kier molecular flexibility index (Phi) is 4.45. The van der Waals surface area contributed by atoms with Gasteiger partial charge in [0.2, 0.25) is 0 Å². The van der Waals surface area contributed by atoms with Crippen molar-refractivity contribution in [3.8, 4) is 5.75 Å². The lowest BCUT2D eigenvalue weighted by Gasteiger charge is -2.24. The summed E-state index contributed by atoms with van der Waals surface area (Å²) in [6.45, 7) is 5.95. The monoisotopic (exact) mass is 273 g/mol. The number of anilines is 1. The maximum absolute atomic E-state index is 5.65. The summed E-state index contributed by atoms with van der Waals surface area (Å²) in [6.07, 6.45) is 2.81. The molecule has 1 aromatic heterocycles. The van der Waals surface area contributed by atoms with E-state index in [1.54, 1.807) is 7.11 Å². The molecule has 0 saturated carbocycles. The van der Waals surface area contributed by atoms with Gasteiger partial charge >= 0.3 is 0 Å². The highest BCUT2D eigenvalue weighted by atomic mass is 16.5. The second-order valence-corrected chi connectivity index (χ2v) is 5.80. The van der Waals surface area contributed by atoms with Crippen LogP contribution in [-0.4, -0.2) is 25.2 Å². The van der Waals surface area contributed by atoms with Gasteiger partial charge in [-0.25, -0.2) is 4.98 Å². The number of aromatic nitrogens is 1. The SMILES string of the molecule is COc1ccc2ccnc(NCC(C)(C)CCN)c2c1. The Labute approximate surface area is 120 Å². The van der Waals surface area contributed by atoms with E-state index < -0.39 is 0 Å². The van der Waals surface area contributed by atoms with Crippen molar-refractivity contribution < 1.29 is 4.74 Å². The summed E-state index contributed by atoms with van der Waals surface area (Å²) in [6, 6.07) is 8.03. The van der Waals surface area contributed by atoms with Crippen LogP contribution in [0.15, 0.2) is 30.5 Å². The summed E-state index contributed by atoms with van der Waals surface area (Å²) in [5.74, 6) is 1.74. The second kappa shape index (κ2) is 6.09. The van der Waals surface area contributed by atoms with Crippen molar-refractivity contribution in [1.29, 1.82) is 0 Å². The largest absolute Gasteiger partial charge is 0.497 e. The topological polar surface area (TPSA) is 60.2 Å². The second-order valence-electron chi connectivity index (χ2n) is 5.80. The van der Waals surface area contributed by atoms with Crippen LogP contribution in [0.5, 0.6) is 5.75 Å². The standard InChI is InChI=1S/C16H23N3O/c1-16(2,7-8-17)11-19-15-14-10-13(20-3)5-4-12(14)6-9-18-15/h4-6,9-10H,7-8,11,17H2,1-3H3,(H,18,19). The van der Waals surface area contributed by atoms with Crippen molar-refractivity contribution in [3.63, 3.8) is 0 Å². The van der Waals surface area contributed by atoms with Gasteiger partial charge in [0.25, 0.3) is 0 Å². The molecule has 4 heteroatoms. The lowest BCUT2D eigenvalue weighted by atomic mass is 9.89. The number of fused-ring (bicyclic) bond motifs is 1. The van der Waals surface area contributed by atoms with Gasteiger partial charge in [-0.05, 0) is 42.0 Å². The van der Waals surface area contributed by atoms with E-state index >= 15 is 0 Å². The lowest BCUT2D eigenvalue weighted by molar-refractivity contribution is 0.365. The summed E-state index contributed by atoms with van der Waals surface area (Å²) in [7, 11) is 1.68. The van der Waals surface area contributed by atoms with Gasteiger partial charge in [-0.2, -0.15) is 0 Å². The number of ether oxygens (including phenoxy) is 1. The van der Waals surface area contributed by atoms with Crippen LogP contribution in [0.2, 0.25) is 0 Å². The molecule has 1 heterocycles. The molecule has 0 bridgehead atoms. The first-order valence-corrected chi connectivity index (χ1v) is 6.92. The Morgan fingerprint density at radius 3 is 2.80 bits per heavy atom. The molecule has 4 nitrogen and oxygen atoms in total. The number of methoxy groups -OCH3 is 1. The van der Waals surface area contributed by atoms with Crippen molar-refractivity contribution in [2.24, 2.45) is 11.1 Å². The number of rotatable bonds is 6. The molecular formula is C16H23N3O. The highest BCUT2D eigenvalue weighted by molar-refractivity contribution is 5.92. The zero-order valence-corrected chi connectivity index (χ0v) is 12.4. The quantitative estimate of drug-likeness (QED) is 0.849. The molecule has 3 N–H and O–H groups in total. The van der Waals surface area contributed by atoms with Crippen LogP contribution in [0, 0.1) is 5.41 Å². The van der Waals surface area contributed by atoms with E-state index in [-0.39, 0.29) is 5.41 Å². The van der Waals surface area contributed by atoms with E-state index in [0.717, 1.165) is 35.3 Å². The van der Waals surface area contributed by atoms with Crippen LogP contribution in [0.4, 0.5) is 5.82 Å². The third-order valence-corrected chi connectivity index (χ3v) is 3.53. The molecule has 108 valence electrons. The first-order valence-electron chi connectivity index (χ1n) is 6.92. The van der Waals surface area contributed by atoms with Crippen molar-refractivity contribution >= 4 is 16.6 Å². The van der Waals surface area contributed by atoms with Gasteiger partial charge in [-0.3, -0.25) is 0 Å². The highest BCUT2D eigenvalue weighted by Crippen LogP contribution is 2.27. The van der Waals surface area contributed by atoms with Crippen molar-refractivity contribution in [1.82, 2.24) is 4.98 Å². The molecule has 0 saturated heterocycles. The van der Waals surface area contributed by atoms with Crippen LogP contribution in [0.1, 0.15) is 20.3 Å². The van der Waals surface area contributed by atoms with E-state index in [4.69, 9.17) is 10.5 Å². The molecule has 0 radical (unpaired) electrons. The lowest BCUT2D eigenvalue weighted by Crippen LogP contribution is -2.26. The molecule has 0 aliphatic carbocycles. The minimum absolute atomic E-state index is 0.150. The third kappa shape index (κ3) is 3.39. The zero-order chi connectivity index (χ0) is 14.6. The maximum Gasteiger partial charge on any atom is 0.133 e. The molecule has 0 unspecified atom stereocenters. The van der Waals surface area contributed by atoms with Crippen molar-refractivity contribution in [3.05, 3.63) is 30.5 Å². The van der Waals surface area contributed by atoms with Crippen LogP contribution in [0.3, 0.4) is 0 Å². The molecule has 0 aliphatic heterocycles. The first kappa shape index (κ1) is 14.6. The van der Waals surface area contributed by atoms with Gasteiger partial charge in [0.15, 0.2) is 0 Å². The van der Waals surface area contributed by atoms with Crippen LogP contribution in [-0.2, 0) is 0 Å². The Morgan fingerprint density at radius 1 is 1.30 bits per heavy atom. The first-order chi connectivity index (χ1) is 9.55. The average molecular weight is 273 g/mol. The summed E-state index contributed by atoms with van der Waals surface area (Å²) in [5, 5.41) is 5.67. The molecule has 0 spiro atoms. The number of nitrogens with zero attached hydrogens (tertiary/aromatic N) is 1. The summed E-state index contributed by atoms with van der Waals surface area (Å²) >= 11 is 0. The Hall–Kier alpha value is -1.81. The Balaban J connectivity index is 2.25. The highest BCUT2D eigenvalue weighted by Gasteiger charge is 2.17. The zero-order valence-electron chi connectivity index (χ0n) is 12.4. The van der Waals surface area contributed by atoms with E-state index in [1.807, 2.05) is 30.5 Å². The minimum Gasteiger partial charge on any atom is -0.497 e. The summed E-state index contributed by atoms with van der Waals surface area (Å²) < 4.78 is 5.29. The van der Waals surface area contributed by atoms with Crippen LogP contribution >= 0.6 is 0 Å². The van der Waals surface area contributed by atoms with E-state index in [2.05, 4.69) is 24.1 Å². The number of hydrogen-bond acceptors (Lipinski definition) is 4. The summed E-state index contributed by atoms with van der Waals surface area (Å²) in [4.78, 5) is 4.45. The Bertz CT molecular complexity index is 581. The molecule has 0 fully saturated rings. The predicted molar refractivity (Wildman–Crippen MR) is 84.2 cm³/mol. The average Bonchev–Trinajstić information content (AvgIpc) is 2.44. The minimum atomic E-state index is 0.150. The van der Waals surface area contributed by atoms with Crippen molar-refractivity contribution in [2.75, 3.05) is 25.5 Å². The third-order valence-electron chi connectivity index (χ3n) is 3.53. The maximum atomic E-state index is 5.65. The van der Waals surface area contributed by atoms with Crippen LogP contribution in [0.25, 0.3) is 10.8 Å².